The number of benzene rings is 1. The second kappa shape index (κ2) is 15.5. The largest absolute Gasteiger partial charge is 0.0889 e. The first-order valence-electron chi connectivity index (χ1n) is 19.7. The molecule has 0 N–H and O–H groups in total. The minimum absolute atomic E-state index is 0.228. The summed E-state index contributed by atoms with van der Waals surface area (Å²) in [6.45, 7) is 31.5. The number of allylic oxidation sites excluding steroid dienone is 8. The SMILES string of the molecule is C[Si](C)(C)C1=CCC[C@@H]1CP(C[C@@H]1C=CCC1[Si](C)(C)C)c1ccccc1P(C[C@H]1CCC=C1[Si](C)(C)C)C[C@@H]1C=CCC1[Si](C)(C)C. The highest BCUT2D eigenvalue weighted by Gasteiger charge is 2.41. The maximum Gasteiger partial charge on any atom is 0.0724 e. The lowest BCUT2D eigenvalue weighted by molar-refractivity contribution is 0.668. The molecule has 0 bridgehead atoms. The molecule has 0 aromatic heterocycles. The predicted molar refractivity (Wildman–Crippen MR) is 236 cm³/mol. The van der Waals surface area contributed by atoms with Crippen molar-refractivity contribution in [3.63, 3.8) is 0 Å². The van der Waals surface area contributed by atoms with Gasteiger partial charge in [-0.3, -0.25) is 0 Å². The number of hydrogen-bond acceptors (Lipinski definition) is 0. The van der Waals surface area contributed by atoms with E-state index in [-0.39, 0.29) is 15.8 Å². The van der Waals surface area contributed by atoms with Crippen LogP contribution in [0, 0.1) is 23.7 Å². The van der Waals surface area contributed by atoms with Crippen molar-refractivity contribution in [1.29, 1.82) is 0 Å². The van der Waals surface area contributed by atoms with E-state index in [9.17, 15) is 0 Å². The predicted octanol–water partition coefficient (Wildman–Crippen LogP) is 12.9. The topological polar surface area (TPSA) is 0 Å². The Labute approximate surface area is 304 Å². The van der Waals surface area contributed by atoms with Crippen molar-refractivity contribution in [3.05, 3.63) is 71.1 Å². The van der Waals surface area contributed by atoms with Crippen molar-refractivity contribution in [3.8, 4) is 0 Å². The average molecular weight is 751 g/mol. The summed E-state index contributed by atoms with van der Waals surface area (Å²) in [6, 6.07) is 10.2. The van der Waals surface area contributed by atoms with Gasteiger partial charge in [-0.2, -0.15) is 0 Å². The van der Waals surface area contributed by atoms with Crippen LogP contribution in [0.25, 0.3) is 0 Å². The summed E-state index contributed by atoms with van der Waals surface area (Å²) in [6.07, 6.45) is 29.8. The second-order valence-electron chi connectivity index (χ2n) is 20.3. The smallest absolute Gasteiger partial charge is 0.0724 e. The Bertz CT molecular complexity index is 1270. The molecule has 5 rings (SSSR count). The zero-order chi connectivity index (χ0) is 35.1. The second-order valence-corrected chi connectivity index (χ2v) is 46.0. The first-order chi connectivity index (χ1) is 22.3. The molecule has 0 radical (unpaired) electrons. The van der Waals surface area contributed by atoms with Crippen LogP contribution in [-0.2, 0) is 0 Å². The van der Waals surface area contributed by atoms with Crippen LogP contribution < -0.4 is 10.6 Å². The molecule has 0 fully saturated rings. The normalized spacial score (nSPS) is 29.4. The molecule has 266 valence electrons. The first-order valence-corrected chi connectivity index (χ1v) is 37.2. The van der Waals surface area contributed by atoms with Crippen LogP contribution in [0.5, 0.6) is 0 Å². The van der Waals surface area contributed by atoms with Crippen LogP contribution in [0.4, 0.5) is 0 Å². The molecule has 48 heavy (non-hydrogen) atoms. The van der Waals surface area contributed by atoms with Gasteiger partial charge in [0, 0.05) is 16.1 Å². The quantitative estimate of drug-likeness (QED) is 0.101. The Kier molecular flexibility index (Phi) is 12.6. The third-order valence-corrected chi connectivity index (χ3v) is 28.8. The first kappa shape index (κ1) is 39.1. The van der Waals surface area contributed by atoms with Crippen molar-refractivity contribution in [2.24, 2.45) is 23.7 Å². The van der Waals surface area contributed by atoms with E-state index in [4.69, 9.17) is 0 Å². The zero-order valence-corrected chi connectivity index (χ0v) is 39.0. The van der Waals surface area contributed by atoms with Crippen molar-refractivity contribution >= 4 is 58.7 Å². The molecule has 4 aliphatic rings. The van der Waals surface area contributed by atoms with Gasteiger partial charge in [0.2, 0.25) is 0 Å². The van der Waals surface area contributed by atoms with Crippen LogP contribution >= 0.6 is 15.8 Å². The number of hydrogen-bond donors (Lipinski definition) is 0. The van der Waals surface area contributed by atoms with Gasteiger partial charge in [-0.1, -0.05) is 166 Å². The minimum atomic E-state index is -1.32. The van der Waals surface area contributed by atoms with Gasteiger partial charge in [-0.15, -0.1) is 0 Å². The third-order valence-electron chi connectivity index (χ3n) is 12.5. The van der Waals surface area contributed by atoms with Gasteiger partial charge < -0.3 is 0 Å². The molecule has 0 amide bonds. The Morgan fingerprint density at radius 1 is 0.542 bits per heavy atom. The molecule has 4 unspecified atom stereocenters. The molecule has 6 heteroatoms. The molecule has 8 atom stereocenters. The summed E-state index contributed by atoms with van der Waals surface area (Å²) in [5, 5.41) is 7.50. The standard InChI is InChI=1S/C42H72P2Si4/c1-45(2,3)39-25-15-19-33(39)29-43(30-34-20-16-26-40(34)46(4,5)6)37-23-13-14-24-38(37)44(31-35-21-17-27-41(35)47(7,8)9)32-36-22-18-28-42(36)48(10,11)12/h13-15,17,19,21,23-24,26,28,33-36,39,41H,16,18,20,22,25,27,29-32H2,1-12H3/t33-,34+,35-,36+,39?,41?,43?,44?/m0/s1. The highest BCUT2D eigenvalue weighted by Crippen LogP contribution is 2.54. The summed E-state index contributed by atoms with van der Waals surface area (Å²) in [5.41, 5.74) is 1.83. The Hall–Kier alpha value is -0.0925. The molecule has 0 spiro atoms. The van der Waals surface area contributed by atoms with Crippen molar-refractivity contribution in [2.45, 2.75) is 128 Å². The Morgan fingerprint density at radius 2 is 0.917 bits per heavy atom. The number of rotatable bonds is 14. The van der Waals surface area contributed by atoms with Gasteiger partial charge in [0.1, 0.15) is 0 Å². The minimum Gasteiger partial charge on any atom is -0.0889 e. The molecule has 1 aromatic carbocycles. The molecule has 4 aliphatic carbocycles. The van der Waals surface area contributed by atoms with Crippen LogP contribution in [0.1, 0.15) is 38.5 Å². The van der Waals surface area contributed by atoms with E-state index in [1.54, 1.807) is 0 Å². The lowest BCUT2D eigenvalue weighted by atomic mass is 10.1. The summed E-state index contributed by atoms with van der Waals surface area (Å²) in [7, 11) is -5.56. The lowest BCUT2D eigenvalue weighted by Gasteiger charge is -2.38. The van der Waals surface area contributed by atoms with E-state index in [0.717, 1.165) is 34.8 Å². The molecule has 0 saturated carbocycles. The van der Waals surface area contributed by atoms with Crippen LogP contribution in [0.3, 0.4) is 0 Å². The highest BCUT2D eigenvalue weighted by atomic mass is 31.1. The molecular formula is C42H72P2Si4. The lowest BCUT2D eigenvalue weighted by Crippen LogP contribution is -2.36. The van der Waals surface area contributed by atoms with Crippen molar-refractivity contribution in [2.75, 3.05) is 24.6 Å². The van der Waals surface area contributed by atoms with Crippen LogP contribution in [0.15, 0.2) is 71.1 Å². The van der Waals surface area contributed by atoms with Gasteiger partial charge in [0.15, 0.2) is 0 Å². The van der Waals surface area contributed by atoms with Gasteiger partial charge >= 0.3 is 0 Å². The van der Waals surface area contributed by atoms with Gasteiger partial charge in [-0.25, -0.2) is 0 Å². The van der Waals surface area contributed by atoms with Crippen LogP contribution in [0.2, 0.25) is 89.6 Å². The maximum absolute atomic E-state index is 2.71. The molecule has 0 nitrogen and oxygen atoms in total. The van der Waals surface area contributed by atoms with Gasteiger partial charge in [0.05, 0.1) is 16.1 Å². The van der Waals surface area contributed by atoms with E-state index in [2.05, 4.69) is 139 Å². The van der Waals surface area contributed by atoms with Gasteiger partial charge in [-0.05, 0) is 109 Å². The molecule has 0 saturated heterocycles. The Balaban J connectivity index is 1.55. The van der Waals surface area contributed by atoms with E-state index in [1.165, 1.54) is 63.2 Å². The summed E-state index contributed by atoms with van der Waals surface area (Å²) in [4.78, 5) is 0. The average Bonchev–Trinajstić information content (AvgIpc) is 3.78. The monoisotopic (exact) mass is 750 g/mol. The van der Waals surface area contributed by atoms with E-state index in [0.29, 0.717) is 0 Å². The molecule has 1 aromatic rings. The molecule has 0 heterocycles. The summed E-state index contributed by atoms with van der Waals surface area (Å²) in [5.74, 6) is 3.22. The fourth-order valence-electron chi connectivity index (χ4n) is 10.1. The molecule has 0 aliphatic heterocycles. The maximum atomic E-state index is 2.71. The fourth-order valence-corrected chi connectivity index (χ4v) is 26.9. The van der Waals surface area contributed by atoms with Crippen molar-refractivity contribution < 1.29 is 0 Å². The zero-order valence-electron chi connectivity index (χ0n) is 33.2. The van der Waals surface area contributed by atoms with Crippen LogP contribution in [-0.4, -0.2) is 56.9 Å². The highest BCUT2D eigenvalue weighted by molar-refractivity contribution is 7.72. The summed E-state index contributed by atoms with van der Waals surface area (Å²) < 4.78 is 0. The van der Waals surface area contributed by atoms with Gasteiger partial charge in [0.25, 0.3) is 0 Å². The molecular weight excluding hydrogens is 679 g/mol. The van der Waals surface area contributed by atoms with Crippen molar-refractivity contribution in [1.82, 2.24) is 0 Å². The Morgan fingerprint density at radius 3 is 1.25 bits per heavy atom. The van der Waals surface area contributed by atoms with E-state index >= 15 is 0 Å². The van der Waals surface area contributed by atoms with E-state index in [1.807, 2.05) is 21.0 Å². The third kappa shape index (κ3) is 9.46. The van der Waals surface area contributed by atoms with E-state index < -0.39 is 32.3 Å². The fraction of sp³-hybridized carbons (Fsp3) is 0.667. The summed E-state index contributed by atoms with van der Waals surface area (Å²) >= 11 is 0.